The Balaban J connectivity index is 1.27. The van der Waals surface area contributed by atoms with Gasteiger partial charge in [0.15, 0.2) is 0 Å². The van der Waals surface area contributed by atoms with Gasteiger partial charge in [0, 0.05) is 25.1 Å². The zero-order valence-electron chi connectivity index (χ0n) is 22.3. The lowest BCUT2D eigenvalue weighted by Crippen LogP contribution is -2.54. The number of anilines is 1. The Hall–Kier alpha value is -3.35. The van der Waals surface area contributed by atoms with E-state index in [9.17, 15) is 24.0 Å². The largest absolute Gasteiger partial charge is 0.463 e. The fraction of sp³-hybridized carbons (Fsp3) is 0.593. The molecule has 0 aromatic heterocycles. The van der Waals surface area contributed by atoms with Crippen LogP contribution in [0.1, 0.15) is 66.2 Å². The number of nitrogens with one attached hydrogen (secondary N) is 2. The second-order valence-corrected chi connectivity index (χ2v) is 9.12. The topological polar surface area (TPSA) is 150 Å². The SMILES string of the molecule is CCCCCC(=O)OCCOCCOCCOCCNc1cccc2c1C(=O)N(C1CCC(=O)NC1=O)C2=O. The van der Waals surface area contributed by atoms with Gasteiger partial charge in [0.1, 0.15) is 12.6 Å². The Kier molecular flexibility index (Phi) is 12.3. The number of carbonyl (C=O) groups is 5. The van der Waals surface area contributed by atoms with Gasteiger partial charge >= 0.3 is 5.97 Å². The number of carbonyl (C=O) groups excluding carboxylic acids is 5. The van der Waals surface area contributed by atoms with Crippen molar-refractivity contribution in [1.29, 1.82) is 0 Å². The van der Waals surface area contributed by atoms with Gasteiger partial charge in [-0.2, -0.15) is 0 Å². The Morgan fingerprint density at radius 2 is 1.64 bits per heavy atom. The van der Waals surface area contributed by atoms with E-state index in [-0.39, 0.29) is 36.5 Å². The van der Waals surface area contributed by atoms with Gasteiger partial charge in [0.25, 0.3) is 11.8 Å². The number of rotatable bonds is 18. The Bertz CT molecular complexity index is 1030. The van der Waals surface area contributed by atoms with Gasteiger partial charge in [0.05, 0.1) is 50.8 Å². The average molecular weight is 548 g/mol. The number of unbranched alkanes of at least 4 members (excludes halogenated alkanes) is 2. The summed E-state index contributed by atoms with van der Waals surface area (Å²) in [6.07, 6.45) is 3.56. The van der Waals surface area contributed by atoms with E-state index >= 15 is 0 Å². The van der Waals surface area contributed by atoms with Crippen LogP contribution in [0.5, 0.6) is 0 Å². The number of amides is 4. The molecule has 4 amide bonds. The second-order valence-electron chi connectivity index (χ2n) is 9.12. The van der Waals surface area contributed by atoms with Crippen LogP contribution in [0.15, 0.2) is 18.2 Å². The second kappa shape index (κ2) is 15.9. The smallest absolute Gasteiger partial charge is 0.305 e. The van der Waals surface area contributed by atoms with Gasteiger partial charge in [-0.15, -0.1) is 0 Å². The molecule has 3 rings (SSSR count). The molecular weight excluding hydrogens is 510 g/mol. The summed E-state index contributed by atoms with van der Waals surface area (Å²) in [6.45, 7) is 4.89. The maximum absolute atomic E-state index is 13.1. The van der Waals surface area contributed by atoms with Crippen LogP contribution in [0.25, 0.3) is 0 Å². The fourth-order valence-electron chi connectivity index (χ4n) is 4.27. The predicted octanol–water partition coefficient (Wildman–Crippen LogP) is 1.67. The van der Waals surface area contributed by atoms with Crippen LogP contribution in [0, 0.1) is 0 Å². The zero-order chi connectivity index (χ0) is 28.0. The molecule has 0 saturated carbocycles. The van der Waals surface area contributed by atoms with Crippen molar-refractivity contribution in [3.63, 3.8) is 0 Å². The Labute approximate surface area is 227 Å². The minimum absolute atomic E-state index is 0.0688. The van der Waals surface area contributed by atoms with Crippen LogP contribution in [-0.4, -0.2) is 93.3 Å². The first-order valence-electron chi connectivity index (χ1n) is 13.4. The van der Waals surface area contributed by atoms with Gasteiger partial charge in [-0.05, 0) is 25.0 Å². The van der Waals surface area contributed by atoms with Crippen molar-refractivity contribution in [3.05, 3.63) is 29.3 Å². The van der Waals surface area contributed by atoms with Crippen molar-refractivity contribution in [1.82, 2.24) is 10.2 Å². The van der Waals surface area contributed by atoms with Crippen LogP contribution in [0.3, 0.4) is 0 Å². The van der Waals surface area contributed by atoms with Crippen molar-refractivity contribution >= 4 is 35.3 Å². The van der Waals surface area contributed by atoms with E-state index in [1.54, 1.807) is 18.2 Å². The molecule has 2 aliphatic heterocycles. The molecule has 1 atom stereocenters. The van der Waals surface area contributed by atoms with E-state index in [4.69, 9.17) is 18.9 Å². The first kappa shape index (κ1) is 30.2. The van der Waals surface area contributed by atoms with Crippen LogP contribution in [0.4, 0.5) is 5.69 Å². The molecule has 39 heavy (non-hydrogen) atoms. The number of hydrogen-bond acceptors (Lipinski definition) is 10. The molecule has 0 radical (unpaired) electrons. The number of fused-ring (bicyclic) bond motifs is 1. The number of imide groups is 2. The molecule has 2 heterocycles. The van der Waals surface area contributed by atoms with E-state index in [0.717, 1.165) is 24.2 Å². The minimum Gasteiger partial charge on any atom is -0.463 e. The molecule has 1 saturated heterocycles. The highest BCUT2D eigenvalue weighted by Gasteiger charge is 2.45. The maximum Gasteiger partial charge on any atom is 0.305 e. The molecule has 0 spiro atoms. The normalized spacial score (nSPS) is 16.8. The highest BCUT2D eigenvalue weighted by Crippen LogP contribution is 2.32. The van der Waals surface area contributed by atoms with E-state index < -0.39 is 29.7 Å². The number of esters is 1. The molecule has 1 aromatic carbocycles. The summed E-state index contributed by atoms with van der Waals surface area (Å²) in [5, 5.41) is 5.30. The fourth-order valence-corrected chi connectivity index (χ4v) is 4.27. The molecule has 214 valence electrons. The quantitative estimate of drug-likeness (QED) is 0.158. The van der Waals surface area contributed by atoms with Gasteiger partial charge in [0.2, 0.25) is 11.8 Å². The third-order valence-electron chi connectivity index (χ3n) is 6.25. The van der Waals surface area contributed by atoms with E-state index in [1.807, 2.05) is 0 Å². The summed E-state index contributed by atoms with van der Waals surface area (Å²) >= 11 is 0. The lowest BCUT2D eigenvalue weighted by Gasteiger charge is -2.27. The molecule has 0 aliphatic carbocycles. The first-order valence-corrected chi connectivity index (χ1v) is 13.4. The predicted molar refractivity (Wildman–Crippen MR) is 139 cm³/mol. The molecular formula is C27H37N3O9. The highest BCUT2D eigenvalue weighted by atomic mass is 16.6. The minimum atomic E-state index is -1.01. The van der Waals surface area contributed by atoms with E-state index in [1.165, 1.54) is 0 Å². The molecule has 1 fully saturated rings. The standard InChI is InChI=1S/C27H37N3O9/c1-2-3-4-8-23(32)39-18-17-38-16-15-37-14-13-36-12-11-28-20-7-5-6-19-24(20)27(35)30(26(19)34)21-9-10-22(31)29-25(21)33/h5-7,21,28H,2-4,8-18H2,1H3,(H,29,31,33). The lowest BCUT2D eigenvalue weighted by atomic mass is 10.0. The van der Waals surface area contributed by atoms with Crippen molar-refractivity contribution in [3.8, 4) is 0 Å². The third kappa shape index (κ3) is 8.84. The molecule has 1 aromatic rings. The van der Waals surface area contributed by atoms with Crippen LogP contribution < -0.4 is 10.6 Å². The lowest BCUT2D eigenvalue weighted by molar-refractivity contribution is -0.145. The van der Waals surface area contributed by atoms with Gasteiger partial charge < -0.3 is 24.3 Å². The maximum atomic E-state index is 13.1. The number of nitrogens with zero attached hydrogens (tertiary/aromatic N) is 1. The molecule has 2 aliphatic rings. The van der Waals surface area contributed by atoms with Gasteiger partial charge in [-0.3, -0.25) is 34.2 Å². The number of benzene rings is 1. The molecule has 12 nitrogen and oxygen atoms in total. The van der Waals surface area contributed by atoms with Crippen molar-refractivity contribution in [2.45, 2.75) is 51.5 Å². The highest BCUT2D eigenvalue weighted by molar-refractivity contribution is 6.25. The van der Waals surface area contributed by atoms with Gasteiger partial charge in [-0.1, -0.05) is 25.8 Å². The van der Waals surface area contributed by atoms with Crippen LogP contribution in [0.2, 0.25) is 0 Å². The van der Waals surface area contributed by atoms with Crippen LogP contribution in [-0.2, 0) is 33.3 Å². The van der Waals surface area contributed by atoms with Crippen molar-refractivity contribution in [2.75, 3.05) is 58.1 Å². The number of piperidine rings is 1. The van der Waals surface area contributed by atoms with Crippen molar-refractivity contribution in [2.24, 2.45) is 0 Å². The Morgan fingerprint density at radius 1 is 0.949 bits per heavy atom. The summed E-state index contributed by atoms with van der Waals surface area (Å²) < 4.78 is 21.4. The van der Waals surface area contributed by atoms with Crippen molar-refractivity contribution < 1.29 is 42.9 Å². The van der Waals surface area contributed by atoms with E-state index in [0.29, 0.717) is 58.3 Å². The number of ether oxygens (including phenoxy) is 4. The summed E-state index contributed by atoms with van der Waals surface area (Å²) in [4.78, 5) is 62.0. The summed E-state index contributed by atoms with van der Waals surface area (Å²) in [6, 6.07) is 3.89. The molecule has 1 unspecified atom stereocenters. The van der Waals surface area contributed by atoms with Gasteiger partial charge in [-0.25, -0.2) is 0 Å². The Morgan fingerprint density at radius 3 is 2.33 bits per heavy atom. The monoisotopic (exact) mass is 547 g/mol. The average Bonchev–Trinajstić information content (AvgIpc) is 3.17. The third-order valence-corrected chi connectivity index (χ3v) is 6.25. The molecule has 0 bridgehead atoms. The summed E-state index contributed by atoms with van der Waals surface area (Å²) in [5.74, 6) is -2.36. The summed E-state index contributed by atoms with van der Waals surface area (Å²) in [7, 11) is 0. The zero-order valence-corrected chi connectivity index (χ0v) is 22.3. The first-order chi connectivity index (χ1) is 18.9. The molecule has 12 heteroatoms. The van der Waals surface area contributed by atoms with Crippen LogP contribution >= 0.6 is 0 Å². The van der Waals surface area contributed by atoms with E-state index in [2.05, 4.69) is 17.6 Å². The molecule has 2 N–H and O–H groups in total. The summed E-state index contributed by atoms with van der Waals surface area (Å²) in [5.41, 5.74) is 0.905. The number of hydrogen-bond donors (Lipinski definition) is 2.